The highest BCUT2D eigenvalue weighted by Crippen LogP contribution is 2.33. The van der Waals surface area contributed by atoms with Gasteiger partial charge in [0.2, 0.25) is 0 Å². The Morgan fingerprint density at radius 3 is 2.52 bits per heavy atom. The van der Waals surface area contributed by atoms with Gasteiger partial charge in [0.05, 0.1) is 16.6 Å². The smallest absolute Gasteiger partial charge is 0.261 e. The van der Waals surface area contributed by atoms with Crippen LogP contribution in [0.15, 0.2) is 21.3 Å². The fraction of sp³-hybridized carbons (Fsp3) is 0.571. The Morgan fingerprint density at radius 1 is 1.30 bits per heavy atom. The van der Waals surface area contributed by atoms with Crippen molar-refractivity contribution in [2.45, 2.75) is 71.0 Å². The fourth-order valence-corrected chi connectivity index (χ4v) is 4.29. The van der Waals surface area contributed by atoms with Crippen LogP contribution in [0.5, 0.6) is 0 Å². The van der Waals surface area contributed by atoms with E-state index in [0.29, 0.717) is 22.5 Å². The van der Waals surface area contributed by atoms with E-state index in [4.69, 9.17) is 4.98 Å². The van der Waals surface area contributed by atoms with Gasteiger partial charge in [-0.25, -0.2) is 4.98 Å². The van der Waals surface area contributed by atoms with E-state index in [2.05, 4.69) is 4.40 Å². The lowest BCUT2D eigenvalue weighted by Crippen LogP contribution is -2.27. The molecule has 1 heterocycles. The minimum absolute atomic E-state index is 0.0170. The summed E-state index contributed by atoms with van der Waals surface area (Å²) in [5.74, 6) is 1.20. The summed E-state index contributed by atoms with van der Waals surface area (Å²) in [6, 6.07) is 3.88. The lowest BCUT2D eigenvalue weighted by molar-refractivity contribution is 0.561. The third-order valence-electron chi connectivity index (χ3n) is 5.21. The summed E-state index contributed by atoms with van der Waals surface area (Å²) in [5, 5.41) is 0.602. The molecular weight excluding hydrogens is 358 g/mol. The highest BCUT2D eigenvalue weighted by Gasteiger charge is 2.28. The van der Waals surface area contributed by atoms with Crippen LogP contribution in [0.1, 0.15) is 76.2 Å². The number of aryl methyl sites for hydroxylation is 1. The summed E-state index contributed by atoms with van der Waals surface area (Å²) >= 11 is -1.36. The van der Waals surface area contributed by atoms with E-state index in [9.17, 15) is 9.35 Å². The van der Waals surface area contributed by atoms with E-state index in [1.807, 2.05) is 53.8 Å². The zero-order chi connectivity index (χ0) is 19.9. The van der Waals surface area contributed by atoms with Crippen LogP contribution >= 0.6 is 0 Å². The van der Waals surface area contributed by atoms with Crippen molar-refractivity contribution in [1.82, 2.24) is 9.55 Å². The largest absolute Gasteiger partial charge is 0.591 e. The minimum Gasteiger partial charge on any atom is -0.591 e. The zero-order valence-corrected chi connectivity index (χ0v) is 17.9. The molecule has 0 spiro atoms. The topological polar surface area (TPSA) is 70.3 Å². The van der Waals surface area contributed by atoms with Gasteiger partial charge in [0.1, 0.15) is 21.9 Å². The number of rotatable bonds is 3. The van der Waals surface area contributed by atoms with E-state index < -0.39 is 16.1 Å². The van der Waals surface area contributed by atoms with Crippen LogP contribution < -0.4 is 5.56 Å². The Labute approximate surface area is 164 Å². The van der Waals surface area contributed by atoms with Crippen molar-refractivity contribution in [2.75, 3.05) is 0 Å². The third-order valence-corrected chi connectivity index (χ3v) is 6.70. The van der Waals surface area contributed by atoms with Crippen LogP contribution in [0.25, 0.3) is 10.9 Å². The van der Waals surface area contributed by atoms with Crippen LogP contribution in [-0.4, -0.2) is 24.6 Å². The van der Waals surface area contributed by atoms with Gasteiger partial charge in [-0.1, -0.05) is 17.2 Å². The highest BCUT2D eigenvalue weighted by molar-refractivity contribution is 7.91. The zero-order valence-electron chi connectivity index (χ0n) is 17.1. The van der Waals surface area contributed by atoms with Crippen molar-refractivity contribution < 1.29 is 4.55 Å². The maximum atomic E-state index is 13.0. The van der Waals surface area contributed by atoms with Gasteiger partial charge in [0, 0.05) is 18.5 Å². The Bertz CT molecular complexity index is 951. The molecule has 0 aliphatic heterocycles. The lowest BCUT2D eigenvalue weighted by Gasteiger charge is -2.19. The summed E-state index contributed by atoms with van der Waals surface area (Å²) in [7, 11) is 1.82. The Kier molecular flexibility index (Phi) is 5.50. The molecule has 1 aromatic carbocycles. The molecule has 1 aliphatic carbocycles. The minimum atomic E-state index is -1.36. The molecule has 0 amide bonds. The van der Waals surface area contributed by atoms with Crippen LogP contribution in [0.3, 0.4) is 0 Å². The maximum Gasteiger partial charge on any atom is 0.261 e. The van der Waals surface area contributed by atoms with E-state index in [-0.39, 0.29) is 5.56 Å². The second-order valence-electron chi connectivity index (χ2n) is 8.56. The molecule has 0 bridgehead atoms. The summed E-state index contributed by atoms with van der Waals surface area (Å²) in [6.07, 6.45) is 4.52. The predicted molar refractivity (Wildman–Crippen MR) is 113 cm³/mol. The molecule has 0 unspecified atom stereocenters. The van der Waals surface area contributed by atoms with Crippen LogP contribution in [0, 0.1) is 6.92 Å². The standard InChI is InChI=1S/C21H29N3O2S/c1-13-11-16(14(2)23-27(26)21(3,4)5)18-17(12-13)20(25)24(6)19(22-18)15-9-7-8-10-15/h11-12,15H,7-10H2,1-6H3/t27-/m1/s1. The van der Waals surface area contributed by atoms with Gasteiger partial charge in [0.25, 0.3) is 5.56 Å². The maximum absolute atomic E-state index is 13.0. The normalized spacial score (nSPS) is 17.7. The number of fused-ring (bicyclic) bond motifs is 1. The summed E-state index contributed by atoms with van der Waals surface area (Å²) in [5.41, 5.74) is 3.10. The molecular formula is C21H29N3O2S. The molecule has 6 heteroatoms. The third kappa shape index (κ3) is 3.97. The molecule has 1 fully saturated rings. The van der Waals surface area contributed by atoms with Crippen LogP contribution in [-0.2, 0) is 18.4 Å². The number of nitrogens with zero attached hydrogens (tertiary/aromatic N) is 3. The first-order valence-electron chi connectivity index (χ1n) is 9.58. The molecule has 0 N–H and O–H groups in total. The van der Waals surface area contributed by atoms with Crippen LogP contribution in [0.4, 0.5) is 0 Å². The second-order valence-corrected chi connectivity index (χ2v) is 10.5. The Hall–Kier alpha value is -1.66. The second kappa shape index (κ2) is 7.40. The molecule has 1 aromatic heterocycles. The van der Waals surface area contributed by atoms with Gasteiger partial charge >= 0.3 is 0 Å². The molecule has 27 heavy (non-hydrogen) atoms. The molecule has 3 rings (SSSR count). The molecule has 2 aromatic rings. The highest BCUT2D eigenvalue weighted by atomic mass is 32.2. The Balaban J connectivity index is 2.23. The summed E-state index contributed by atoms with van der Waals surface area (Å²) < 4.78 is 18.2. The van der Waals surface area contributed by atoms with E-state index in [0.717, 1.165) is 29.8 Å². The molecule has 0 radical (unpaired) electrons. The monoisotopic (exact) mass is 387 g/mol. The molecule has 0 saturated heterocycles. The quantitative estimate of drug-likeness (QED) is 0.586. The fourth-order valence-electron chi connectivity index (χ4n) is 3.67. The van der Waals surface area contributed by atoms with Crippen molar-refractivity contribution in [3.63, 3.8) is 0 Å². The van der Waals surface area contributed by atoms with Gasteiger partial charge in [-0.3, -0.25) is 9.36 Å². The molecule has 5 nitrogen and oxygen atoms in total. The van der Waals surface area contributed by atoms with Crippen molar-refractivity contribution in [1.29, 1.82) is 0 Å². The number of hydrogen-bond donors (Lipinski definition) is 0. The summed E-state index contributed by atoms with van der Waals surface area (Å²) in [4.78, 5) is 18.0. The van der Waals surface area contributed by atoms with E-state index >= 15 is 0 Å². The lowest BCUT2D eigenvalue weighted by atomic mass is 10.0. The predicted octanol–water partition coefficient (Wildman–Crippen LogP) is 4.17. The molecule has 146 valence electrons. The van der Waals surface area contributed by atoms with Gasteiger partial charge < -0.3 is 4.55 Å². The first-order valence-corrected chi connectivity index (χ1v) is 10.7. The van der Waals surface area contributed by atoms with Gasteiger partial charge in [-0.05, 0) is 65.2 Å². The first kappa shape index (κ1) is 20.1. The summed E-state index contributed by atoms with van der Waals surface area (Å²) in [6.45, 7) is 9.52. The van der Waals surface area contributed by atoms with Crippen molar-refractivity contribution >= 4 is 28.0 Å². The molecule has 1 aliphatic rings. The molecule has 1 saturated carbocycles. The Morgan fingerprint density at radius 2 is 1.93 bits per heavy atom. The van der Waals surface area contributed by atoms with Gasteiger partial charge in [-0.2, -0.15) is 0 Å². The molecule has 1 atom stereocenters. The van der Waals surface area contributed by atoms with E-state index in [1.165, 1.54) is 12.8 Å². The number of aromatic nitrogens is 2. The van der Waals surface area contributed by atoms with Crippen molar-refractivity contribution in [3.8, 4) is 0 Å². The number of hydrogen-bond acceptors (Lipinski definition) is 4. The van der Waals surface area contributed by atoms with E-state index in [1.54, 1.807) is 4.57 Å². The first-order chi connectivity index (χ1) is 12.6. The average molecular weight is 388 g/mol. The SMILES string of the molecule is CC(=N[S@+]([O-])C(C)(C)C)c1cc(C)cc2c(=O)n(C)c(C3CCCC3)nc12. The van der Waals surface area contributed by atoms with Gasteiger partial charge in [-0.15, -0.1) is 0 Å². The number of benzene rings is 1. The van der Waals surface area contributed by atoms with Crippen LogP contribution in [0.2, 0.25) is 0 Å². The average Bonchev–Trinajstić information content (AvgIpc) is 3.11. The van der Waals surface area contributed by atoms with Gasteiger partial charge in [0.15, 0.2) is 0 Å². The van der Waals surface area contributed by atoms with Crippen molar-refractivity contribution in [2.24, 2.45) is 11.4 Å². The van der Waals surface area contributed by atoms with Crippen molar-refractivity contribution in [3.05, 3.63) is 39.4 Å².